The zero-order chi connectivity index (χ0) is 17.4. The number of halogens is 1. The summed E-state index contributed by atoms with van der Waals surface area (Å²) in [5, 5.41) is 17.3. The first kappa shape index (κ1) is 22.4. The fourth-order valence-corrected chi connectivity index (χ4v) is 3.56. The summed E-state index contributed by atoms with van der Waals surface area (Å²) in [5.74, 6) is 0.516. The Morgan fingerprint density at radius 1 is 1.28 bits per heavy atom. The van der Waals surface area contributed by atoms with Gasteiger partial charge in [0.15, 0.2) is 5.96 Å². The van der Waals surface area contributed by atoms with Gasteiger partial charge in [0.2, 0.25) is 5.91 Å². The molecule has 25 heavy (non-hydrogen) atoms. The van der Waals surface area contributed by atoms with Crippen molar-refractivity contribution in [1.82, 2.24) is 15.5 Å². The number of aliphatic imine (C=N–C) groups is 1. The fourth-order valence-electron chi connectivity index (χ4n) is 3.56. The van der Waals surface area contributed by atoms with Gasteiger partial charge in [0.25, 0.3) is 0 Å². The lowest BCUT2D eigenvalue weighted by Crippen LogP contribution is -2.50. The highest BCUT2D eigenvalue weighted by Gasteiger charge is 2.29. The van der Waals surface area contributed by atoms with Crippen LogP contribution in [0.15, 0.2) is 4.99 Å². The summed E-state index contributed by atoms with van der Waals surface area (Å²) in [4.78, 5) is 17.7. The maximum atomic E-state index is 11.0. The highest BCUT2D eigenvalue weighted by atomic mass is 127. The second kappa shape index (κ2) is 11.2. The number of carbonyl (C=O) groups is 1. The van der Waals surface area contributed by atoms with Crippen molar-refractivity contribution in [3.8, 4) is 0 Å². The number of nitrogens with one attached hydrogen (secondary N) is 2. The molecule has 2 rings (SSSR count). The van der Waals surface area contributed by atoms with Gasteiger partial charge in [-0.3, -0.25) is 14.7 Å². The Kier molecular flexibility index (Phi) is 10.0. The van der Waals surface area contributed by atoms with Gasteiger partial charge in [0, 0.05) is 25.7 Å². The quantitative estimate of drug-likeness (QED) is 0.263. The van der Waals surface area contributed by atoms with Gasteiger partial charge in [-0.2, -0.15) is 0 Å². The van der Waals surface area contributed by atoms with E-state index in [-0.39, 0.29) is 29.9 Å². The van der Waals surface area contributed by atoms with Crippen molar-refractivity contribution in [1.29, 1.82) is 0 Å². The zero-order valence-electron chi connectivity index (χ0n) is 15.3. The molecule has 0 atom stereocenters. The molecule has 5 N–H and O–H groups in total. The highest BCUT2D eigenvalue weighted by Crippen LogP contribution is 2.28. The topological polar surface area (TPSA) is 103 Å². The van der Waals surface area contributed by atoms with Crippen LogP contribution in [0.2, 0.25) is 0 Å². The first-order valence-corrected chi connectivity index (χ1v) is 9.28. The Hall–Kier alpha value is -0.610. The number of hydrogen-bond donors (Lipinski definition) is 4. The van der Waals surface area contributed by atoms with E-state index in [0.29, 0.717) is 19.1 Å². The van der Waals surface area contributed by atoms with Crippen LogP contribution < -0.4 is 16.4 Å². The van der Waals surface area contributed by atoms with E-state index in [2.05, 4.69) is 20.5 Å². The van der Waals surface area contributed by atoms with Crippen LogP contribution in [0.1, 0.15) is 51.9 Å². The molecule has 2 fully saturated rings. The van der Waals surface area contributed by atoms with Crippen LogP contribution in [0, 0.1) is 0 Å². The predicted octanol–water partition coefficient (Wildman–Crippen LogP) is 0.804. The number of hydrogen-bond acceptors (Lipinski definition) is 4. The molecular weight excluding hydrogens is 433 g/mol. The fraction of sp³-hybridized carbons (Fsp3) is 0.882. The summed E-state index contributed by atoms with van der Waals surface area (Å²) < 4.78 is 0. The molecule has 0 unspecified atom stereocenters. The van der Waals surface area contributed by atoms with E-state index in [4.69, 9.17) is 5.73 Å². The van der Waals surface area contributed by atoms with E-state index in [0.717, 1.165) is 64.1 Å². The van der Waals surface area contributed by atoms with Gasteiger partial charge in [-0.1, -0.05) is 19.3 Å². The van der Waals surface area contributed by atoms with E-state index >= 15 is 0 Å². The monoisotopic (exact) mass is 467 g/mol. The summed E-state index contributed by atoms with van der Waals surface area (Å²) in [5.41, 5.74) is 4.62. The number of rotatable bonds is 6. The largest absolute Gasteiger partial charge is 0.388 e. The summed E-state index contributed by atoms with van der Waals surface area (Å²) in [7, 11) is 0. The maximum Gasteiger partial charge on any atom is 0.231 e. The Bertz CT molecular complexity index is 433. The van der Waals surface area contributed by atoms with Crippen molar-refractivity contribution in [2.24, 2.45) is 10.7 Å². The van der Waals surface area contributed by atoms with Crippen molar-refractivity contribution >= 4 is 35.8 Å². The third kappa shape index (κ3) is 8.08. The molecule has 1 saturated carbocycles. The average molecular weight is 467 g/mol. The number of amides is 1. The smallest absolute Gasteiger partial charge is 0.231 e. The first-order valence-electron chi connectivity index (χ1n) is 9.28. The number of primary amides is 1. The number of piperidine rings is 1. The molecule has 1 aliphatic heterocycles. The molecule has 0 bridgehead atoms. The van der Waals surface area contributed by atoms with Crippen LogP contribution in [0.5, 0.6) is 0 Å². The molecule has 0 aromatic carbocycles. The van der Waals surface area contributed by atoms with Crippen molar-refractivity contribution < 1.29 is 9.90 Å². The van der Waals surface area contributed by atoms with Crippen LogP contribution in [-0.2, 0) is 4.79 Å². The Labute approximate surface area is 168 Å². The molecule has 2 aliphatic rings. The molecule has 0 spiro atoms. The summed E-state index contributed by atoms with van der Waals surface area (Å²) in [6, 6.07) is 0.341. The molecule has 146 valence electrons. The summed E-state index contributed by atoms with van der Waals surface area (Å²) in [6.45, 7) is 5.37. The van der Waals surface area contributed by atoms with Crippen LogP contribution >= 0.6 is 24.0 Å². The summed E-state index contributed by atoms with van der Waals surface area (Å²) in [6.07, 6.45) is 7.02. The van der Waals surface area contributed by atoms with E-state index in [1.54, 1.807) is 0 Å². The van der Waals surface area contributed by atoms with Crippen LogP contribution in [0.4, 0.5) is 0 Å². The maximum absolute atomic E-state index is 11.0. The van der Waals surface area contributed by atoms with Gasteiger partial charge >= 0.3 is 0 Å². The molecule has 7 nitrogen and oxygen atoms in total. The Balaban J connectivity index is 0.00000312. The van der Waals surface area contributed by atoms with E-state index in [1.807, 2.05) is 6.92 Å². The van der Waals surface area contributed by atoms with Crippen LogP contribution in [-0.4, -0.2) is 66.2 Å². The van der Waals surface area contributed by atoms with Gasteiger partial charge < -0.3 is 21.5 Å². The van der Waals surface area contributed by atoms with Crippen molar-refractivity contribution in [2.75, 3.05) is 32.7 Å². The minimum absolute atomic E-state index is 0. The molecule has 1 heterocycles. The minimum Gasteiger partial charge on any atom is -0.388 e. The van der Waals surface area contributed by atoms with Crippen molar-refractivity contribution in [2.45, 2.75) is 63.5 Å². The SMILES string of the molecule is CCNC(=NCC1(O)CCCCC1)NC1CCN(CC(N)=O)CC1.I. The normalized spacial score (nSPS) is 22.1. The Morgan fingerprint density at radius 2 is 1.92 bits per heavy atom. The molecule has 0 radical (unpaired) electrons. The third-order valence-electron chi connectivity index (χ3n) is 4.97. The van der Waals surface area contributed by atoms with Gasteiger partial charge in [0.05, 0.1) is 18.7 Å². The molecule has 0 aromatic rings. The second-order valence-corrected chi connectivity index (χ2v) is 7.14. The van der Waals surface area contributed by atoms with Gasteiger partial charge in [-0.15, -0.1) is 24.0 Å². The molecule has 0 aromatic heterocycles. The van der Waals surface area contributed by atoms with Gasteiger partial charge in [0.1, 0.15) is 0 Å². The highest BCUT2D eigenvalue weighted by molar-refractivity contribution is 14.0. The molecule has 8 heteroatoms. The third-order valence-corrected chi connectivity index (χ3v) is 4.97. The minimum atomic E-state index is -0.633. The molecule has 1 aliphatic carbocycles. The Morgan fingerprint density at radius 3 is 2.48 bits per heavy atom. The second-order valence-electron chi connectivity index (χ2n) is 7.14. The molecule has 1 saturated heterocycles. The number of guanidine groups is 1. The first-order chi connectivity index (χ1) is 11.5. The van der Waals surface area contributed by atoms with Crippen LogP contribution in [0.3, 0.4) is 0 Å². The van der Waals surface area contributed by atoms with E-state index in [9.17, 15) is 9.90 Å². The number of nitrogens with zero attached hydrogens (tertiary/aromatic N) is 2. The lowest BCUT2D eigenvalue weighted by molar-refractivity contribution is -0.119. The predicted molar refractivity (Wildman–Crippen MR) is 111 cm³/mol. The lowest BCUT2D eigenvalue weighted by Gasteiger charge is -2.33. The van der Waals surface area contributed by atoms with Crippen molar-refractivity contribution in [3.05, 3.63) is 0 Å². The molecule has 1 amide bonds. The van der Waals surface area contributed by atoms with Gasteiger partial charge in [-0.25, -0.2) is 0 Å². The van der Waals surface area contributed by atoms with E-state index < -0.39 is 5.60 Å². The number of aliphatic hydroxyl groups is 1. The molecular formula is C17H34IN5O2. The zero-order valence-corrected chi connectivity index (χ0v) is 17.6. The summed E-state index contributed by atoms with van der Waals surface area (Å²) >= 11 is 0. The number of likely N-dealkylation sites (tertiary alicyclic amines) is 1. The van der Waals surface area contributed by atoms with Crippen molar-refractivity contribution in [3.63, 3.8) is 0 Å². The van der Waals surface area contributed by atoms with E-state index in [1.165, 1.54) is 6.42 Å². The van der Waals surface area contributed by atoms with Crippen LogP contribution in [0.25, 0.3) is 0 Å². The number of nitrogens with two attached hydrogens (primary N) is 1. The van der Waals surface area contributed by atoms with Gasteiger partial charge in [-0.05, 0) is 32.6 Å². The average Bonchev–Trinajstić information content (AvgIpc) is 2.55. The standard InChI is InChI=1S/C17H33N5O2.HI/c1-2-19-16(20-13-17(24)8-4-3-5-9-17)21-14-6-10-22(11-7-14)12-15(18)23;/h14,24H,2-13H2,1H3,(H2,18,23)(H2,19,20,21);1H. The lowest BCUT2D eigenvalue weighted by atomic mass is 9.85. The number of carbonyl (C=O) groups excluding carboxylic acids is 1.